The van der Waals surface area contributed by atoms with Crippen molar-refractivity contribution in [2.45, 2.75) is 12.7 Å². The molecule has 2 rings (SSSR count). The summed E-state index contributed by atoms with van der Waals surface area (Å²) >= 11 is 0. The first-order valence-corrected chi connectivity index (χ1v) is 5.09. The van der Waals surface area contributed by atoms with Crippen LogP contribution in [0.4, 0.5) is 0 Å². The van der Waals surface area contributed by atoms with E-state index in [4.69, 9.17) is 9.47 Å². The maximum absolute atomic E-state index is 5.51. The van der Waals surface area contributed by atoms with E-state index in [0.717, 1.165) is 25.5 Å². The molecule has 0 bridgehead atoms. The summed E-state index contributed by atoms with van der Waals surface area (Å²) in [7, 11) is 1.90. The Morgan fingerprint density at radius 3 is 3.33 bits per heavy atom. The number of morpholine rings is 1. The summed E-state index contributed by atoms with van der Waals surface area (Å²) in [6.45, 7) is 3.63. The molecule has 1 aromatic rings. The lowest BCUT2D eigenvalue weighted by Gasteiger charge is -2.23. The fourth-order valence-electron chi connectivity index (χ4n) is 1.45. The van der Waals surface area contributed by atoms with E-state index in [1.165, 1.54) is 0 Å². The molecule has 15 heavy (non-hydrogen) atoms. The number of aromatic nitrogens is 3. The molecule has 6 nitrogen and oxygen atoms in total. The predicted molar refractivity (Wildman–Crippen MR) is 53.3 cm³/mol. The third kappa shape index (κ3) is 2.98. The van der Waals surface area contributed by atoms with Gasteiger partial charge in [-0.2, -0.15) is 0 Å². The van der Waals surface area contributed by atoms with Gasteiger partial charge in [0.15, 0.2) is 5.82 Å². The number of aryl methyl sites for hydroxylation is 1. The SMILES string of the molecule is Cn1cnnc1COCC1CNCCO1. The van der Waals surface area contributed by atoms with Crippen LogP contribution < -0.4 is 5.32 Å². The lowest BCUT2D eigenvalue weighted by atomic mass is 10.3. The van der Waals surface area contributed by atoms with Crippen LogP contribution in [0.25, 0.3) is 0 Å². The van der Waals surface area contributed by atoms with Crippen molar-refractivity contribution in [3.63, 3.8) is 0 Å². The highest BCUT2D eigenvalue weighted by atomic mass is 16.5. The van der Waals surface area contributed by atoms with Gasteiger partial charge in [0.1, 0.15) is 12.9 Å². The topological polar surface area (TPSA) is 61.2 Å². The maximum Gasteiger partial charge on any atom is 0.158 e. The standard InChI is InChI=1S/C9H16N4O2/c1-13-7-11-12-9(13)6-14-5-8-4-10-2-3-15-8/h7-8,10H,2-6H2,1H3. The minimum absolute atomic E-state index is 0.159. The molecule has 1 aromatic heterocycles. The Morgan fingerprint density at radius 2 is 2.67 bits per heavy atom. The number of rotatable bonds is 4. The molecular weight excluding hydrogens is 196 g/mol. The van der Waals surface area contributed by atoms with E-state index in [0.29, 0.717) is 13.2 Å². The van der Waals surface area contributed by atoms with Gasteiger partial charge in [-0.05, 0) is 0 Å². The monoisotopic (exact) mass is 212 g/mol. The minimum atomic E-state index is 0.159. The van der Waals surface area contributed by atoms with Crippen LogP contribution in [0, 0.1) is 0 Å². The largest absolute Gasteiger partial charge is 0.373 e. The Bertz CT molecular complexity index is 296. The van der Waals surface area contributed by atoms with E-state index in [1.54, 1.807) is 6.33 Å². The van der Waals surface area contributed by atoms with Gasteiger partial charge in [-0.1, -0.05) is 0 Å². The first-order chi connectivity index (χ1) is 7.36. The van der Waals surface area contributed by atoms with Crippen LogP contribution in [0.3, 0.4) is 0 Å². The minimum Gasteiger partial charge on any atom is -0.373 e. The molecule has 0 spiro atoms. The molecule has 0 aromatic carbocycles. The van der Waals surface area contributed by atoms with Crippen LogP contribution in [0.2, 0.25) is 0 Å². The molecule has 1 aliphatic heterocycles. The molecule has 0 amide bonds. The Morgan fingerprint density at radius 1 is 1.73 bits per heavy atom. The van der Waals surface area contributed by atoms with Gasteiger partial charge < -0.3 is 19.4 Å². The molecule has 0 aliphatic carbocycles. The molecule has 84 valence electrons. The molecular formula is C9H16N4O2. The third-order valence-electron chi connectivity index (χ3n) is 2.34. The zero-order valence-electron chi connectivity index (χ0n) is 8.85. The van der Waals surface area contributed by atoms with Gasteiger partial charge in [0.2, 0.25) is 0 Å². The van der Waals surface area contributed by atoms with Gasteiger partial charge in [-0.3, -0.25) is 0 Å². The van der Waals surface area contributed by atoms with E-state index < -0.39 is 0 Å². The van der Waals surface area contributed by atoms with Gasteiger partial charge in [-0.15, -0.1) is 10.2 Å². The average Bonchev–Trinajstić information content (AvgIpc) is 2.66. The number of hydrogen-bond donors (Lipinski definition) is 1. The van der Waals surface area contributed by atoms with E-state index in [1.807, 2.05) is 11.6 Å². The number of ether oxygens (including phenoxy) is 2. The Hall–Kier alpha value is -0.980. The molecule has 6 heteroatoms. The fraction of sp³-hybridized carbons (Fsp3) is 0.778. The quantitative estimate of drug-likeness (QED) is 0.716. The van der Waals surface area contributed by atoms with Crippen molar-refractivity contribution in [3.8, 4) is 0 Å². The highest BCUT2D eigenvalue weighted by Gasteiger charge is 2.13. The summed E-state index contributed by atoms with van der Waals surface area (Å²) in [6, 6.07) is 0. The van der Waals surface area contributed by atoms with Crippen LogP contribution in [-0.2, 0) is 23.1 Å². The lowest BCUT2D eigenvalue weighted by molar-refractivity contribution is -0.0372. The van der Waals surface area contributed by atoms with Gasteiger partial charge in [0.05, 0.1) is 19.3 Å². The van der Waals surface area contributed by atoms with E-state index in [-0.39, 0.29) is 6.10 Å². The van der Waals surface area contributed by atoms with E-state index in [9.17, 15) is 0 Å². The van der Waals surface area contributed by atoms with Crippen molar-refractivity contribution < 1.29 is 9.47 Å². The number of hydrogen-bond acceptors (Lipinski definition) is 5. The average molecular weight is 212 g/mol. The molecule has 1 fully saturated rings. The van der Waals surface area contributed by atoms with Crippen LogP contribution in [0.5, 0.6) is 0 Å². The van der Waals surface area contributed by atoms with Crippen LogP contribution in [0.1, 0.15) is 5.82 Å². The summed E-state index contributed by atoms with van der Waals surface area (Å²) in [5.41, 5.74) is 0. The van der Waals surface area contributed by atoms with Crippen LogP contribution in [0.15, 0.2) is 6.33 Å². The first-order valence-electron chi connectivity index (χ1n) is 5.09. The zero-order valence-corrected chi connectivity index (χ0v) is 8.85. The van der Waals surface area contributed by atoms with Gasteiger partial charge in [0.25, 0.3) is 0 Å². The molecule has 0 saturated carbocycles. The van der Waals surface area contributed by atoms with Gasteiger partial charge in [0, 0.05) is 20.1 Å². The summed E-state index contributed by atoms with van der Waals surface area (Å²) < 4.78 is 12.9. The first kappa shape index (κ1) is 10.5. The van der Waals surface area contributed by atoms with E-state index >= 15 is 0 Å². The van der Waals surface area contributed by atoms with E-state index in [2.05, 4.69) is 15.5 Å². The molecule has 2 heterocycles. The molecule has 1 unspecified atom stereocenters. The Labute approximate surface area is 88.6 Å². The van der Waals surface area contributed by atoms with Crippen LogP contribution in [-0.4, -0.2) is 47.2 Å². The number of nitrogens with one attached hydrogen (secondary N) is 1. The van der Waals surface area contributed by atoms with Gasteiger partial charge in [-0.25, -0.2) is 0 Å². The summed E-state index contributed by atoms with van der Waals surface area (Å²) in [6.07, 6.45) is 1.82. The highest BCUT2D eigenvalue weighted by Crippen LogP contribution is 2.00. The molecule has 1 aliphatic rings. The van der Waals surface area contributed by atoms with Crippen molar-refractivity contribution in [1.82, 2.24) is 20.1 Å². The molecule has 1 N–H and O–H groups in total. The third-order valence-corrected chi connectivity index (χ3v) is 2.34. The smallest absolute Gasteiger partial charge is 0.158 e. The van der Waals surface area contributed by atoms with Crippen molar-refractivity contribution in [1.29, 1.82) is 0 Å². The summed E-state index contributed by atoms with van der Waals surface area (Å²) in [5, 5.41) is 11.0. The Balaban J connectivity index is 1.68. The maximum atomic E-state index is 5.51. The van der Waals surface area contributed by atoms with Crippen LogP contribution >= 0.6 is 0 Å². The van der Waals surface area contributed by atoms with Crippen molar-refractivity contribution >= 4 is 0 Å². The second kappa shape index (κ2) is 5.20. The molecule has 1 saturated heterocycles. The van der Waals surface area contributed by atoms with Crippen molar-refractivity contribution in [2.24, 2.45) is 7.05 Å². The zero-order chi connectivity index (χ0) is 10.5. The summed E-state index contributed by atoms with van der Waals surface area (Å²) in [5.74, 6) is 0.832. The predicted octanol–water partition coefficient (Wildman–Crippen LogP) is -0.680. The summed E-state index contributed by atoms with van der Waals surface area (Å²) in [4.78, 5) is 0. The Kier molecular flexibility index (Phi) is 3.65. The van der Waals surface area contributed by atoms with Crippen molar-refractivity contribution in [2.75, 3.05) is 26.3 Å². The second-order valence-corrected chi connectivity index (χ2v) is 3.57. The van der Waals surface area contributed by atoms with Crippen molar-refractivity contribution in [3.05, 3.63) is 12.2 Å². The lowest BCUT2D eigenvalue weighted by Crippen LogP contribution is -2.41. The fourth-order valence-corrected chi connectivity index (χ4v) is 1.45. The highest BCUT2D eigenvalue weighted by molar-refractivity contribution is 4.80. The molecule has 1 atom stereocenters. The number of nitrogens with zero attached hydrogens (tertiary/aromatic N) is 3. The second-order valence-electron chi connectivity index (χ2n) is 3.57. The van der Waals surface area contributed by atoms with Gasteiger partial charge >= 0.3 is 0 Å². The normalized spacial score (nSPS) is 21.8. The molecule has 0 radical (unpaired) electrons.